The van der Waals surface area contributed by atoms with Gasteiger partial charge in [-0.15, -0.1) is 24.8 Å². The molecular formula is C20H32Cl2N2O3. The van der Waals surface area contributed by atoms with Crippen molar-refractivity contribution in [1.29, 1.82) is 0 Å². The number of fused-ring (bicyclic) bond motifs is 1. The SMILES string of the molecule is COC(=O)CCCCN1C[C@@H]2CN(C)[C@@H](c3ccc(OC)cc3)[C@@H]2C1.Cl.Cl. The lowest BCUT2D eigenvalue weighted by molar-refractivity contribution is -0.140. The fraction of sp³-hybridized carbons (Fsp3) is 0.650. The molecule has 154 valence electrons. The largest absolute Gasteiger partial charge is 0.497 e. The van der Waals surface area contributed by atoms with E-state index < -0.39 is 0 Å². The van der Waals surface area contributed by atoms with Crippen LogP contribution >= 0.6 is 24.8 Å². The number of unbranched alkanes of at least 4 members (excludes halogenated alkanes) is 1. The molecular weight excluding hydrogens is 387 g/mol. The van der Waals surface area contributed by atoms with Gasteiger partial charge in [0, 0.05) is 32.1 Å². The Morgan fingerprint density at radius 2 is 1.78 bits per heavy atom. The van der Waals surface area contributed by atoms with Crippen LogP contribution < -0.4 is 4.74 Å². The first kappa shape index (κ1) is 24.0. The molecule has 2 aliphatic rings. The van der Waals surface area contributed by atoms with Gasteiger partial charge in [0.15, 0.2) is 0 Å². The summed E-state index contributed by atoms with van der Waals surface area (Å²) in [5.41, 5.74) is 1.39. The van der Waals surface area contributed by atoms with Crippen molar-refractivity contribution in [2.45, 2.75) is 25.3 Å². The molecule has 0 aromatic heterocycles. The van der Waals surface area contributed by atoms with E-state index >= 15 is 0 Å². The molecule has 0 spiro atoms. The summed E-state index contributed by atoms with van der Waals surface area (Å²) in [6.45, 7) is 4.59. The van der Waals surface area contributed by atoms with Crippen LogP contribution in [0.2, 0.25) is 0 Å². The molecule has 0 radical (unpaired) electrons. The van der Waals surface area contributed by atoms with Gasteiger partial charge in [-0.1, -0.05) is 12.1 Å². The second kappa shape index (κ2) is 11.1. The van der Waals surface area contributed by atoms with E-state index in [4.69, 9.17) is 9.47 Å². The first-order valence-corrected chi connectivity index (χ1v) is 9.25. The normalized spacial score (nSPS) is 24.6. The number of benzene rings is 1. The maximum absolute atomic E-state index is 11.2. The van der Waals surface area contributed by atoms with Gasteiger partial charge in [-0.25, -0.2) is 0 Å². The van der Waals surface area contributed by atoms with Gasteiger partial charge in [0.2, 0.25) is 0 Å². The number of halogens is 2. The Balaban J connectivity index is 0.00000182. The van der Waals surface area contributed by atoms with E-state index in [-0.39, 0.29) is 30.8 Å². The number of carbonyl (C=O) groups is 1. The molecule has 2 saturated heterocycles. The number of carbonyl (C=O) groups excluding carboxylic acids is 1. The molecule has 3 atom stereocenters. The minimum absolute atomic E-state index is 0. The topological polar surface area (TPSA) is 42.0 Å². The number of methoxy groups -OCH3 is 2. The van der Waals surface area contributed by atoms with E-state index in [0.29, 0.717) is 18.4 Å². The van der Waals surface area contributed by atoms with Crippen molar-refractivity contribution >= 4 is 30.8 Å². The highest BCUT2D eigenvalue weighted by Gasteiger charge is 2.45. The average Bonchev–Trinajstić information content (AvgIpc) is 3.14. The first-order valence-electron chi connectivity index (χ1n) is 9.25. The number of hydrogen-bond acceptors (Lipinski definition) is 5. The van der Waals surface area contributed by atoms with Gasteiger partial charge in [-0.3, -0.25) is 9.69 Å². The molecule has 3 rings (SSSR count). The predicted molar refractivity (Wildman–Crippen MR) is 112 cm³/mol. The quantitative estimate of drug-likeness (QED) is 0.501. The van der Waals surface area contributed by atoms with Gasteiger partial charge in [-0.05, 0) is 56.0 Å². The van der Waals surface area contributed by atoms with Gasteiger partial charge >= 0.3 is 5.97 Å². The zero-order valence-electron chi connectivity index (χ0n) is 16.4. The predicted octanol–water partition coefficient (Wildman–Crippen LogP) is 3.42. The molecule has 1 aromatic carbocycles. The van der Waals surface area contributed by atoms with Crippen LogP contribution in [0, 0.1) is 11.8 Å². The standard InChI is InChI=1S/C20H30N2O3.2ClH/c1-21-12-16-13-22(11-5-4-6-19(23)25-3)14-18(16)20(21)15-7-9-17(24-2)10-8-15;;/h7-10,16,18,20H,4-6,11-14H2,1-3H3;2*1H/t16-,18+,20-;;/m0../s1. The zero-order valence-corrected chi connectivity index (χ0v) is 18.1. The Bertz CT molecular complexity index is 585. The Morgan fingerprint density at radius 3 is 2.41 bits per heavy atom. The highest BCUT2D eigenvalue weighted by Crippen LogP contribution is 2.44. The van der Waals surface area contributed by atoms with Crippen molar-refractivity contribution in [2.75, 3.05) is 47.4 Å². The van der Waals surface area contributed by atoms with Gasteiger partial charge < -0.3 is 14.4 Å². The molecule has 0 aliphatic carbocycles. The summed E-state index contributed by atoms with van der Waals surface area (Å²) < 4.78 is 9.99. The first-order chi connectivity index (χ1) is 12.1. The van der Waals surface area contributed by atoms with Crippen molar-refractivity contribution in [3.8, 4) is 5.75 Å². The van der Waals surface area contributed by atoms with Crippen LogP contribution in [-0.2, 0) is 9.53 Å². The van der Waals surface area contributed by atoms with Gasteiger partial charge in [0.05, 0.1) is 14.2 Å². The molecule has 0 amide bonds. The Morgan fingerprint density at radius 1 is 1.07 bits per heavy atom. The number of likely N-dealkylation sites (tertiary alicyclic amines) is 2. The number of ether oxygens (including phenoxy) is 2. The Labute approximate surface area is 175 Å². The molecule has 7 heteroatoms. The molecule has 0 N–H and O–H groups in total. The van der Waals surface area contributed by atoms with Crippen molar-refractivity contribution in [2.24, 2.45) is 11.8 Å². The minimum Gasteiger partial charge on any atom is -0.497 e. The van der Waals surface area contributed by atoms with Crippen molar-refractivity contribution in [1.82, 2.24) is 9.80 Å². The van der Waals surface area contributed by atoms with E-state index in [0.717, 1.165) is 37.6 Å². The van der Waals surface area contributed by atoms with Crippen molar-refractivity contribution in [3.05, 3.63) is 29.8 Å². The van der Waals surface area contributed by atoms with Crippen LogP contribution in [0.1, 0.15) is 30.9 Å². The lowest BCUT2D eigenvalue weighted by Gasteiger charge is -2.27. The summed E-state index contributed by atoms with van der Waals surface area (Å²) in [5.74, 6) is 2.26. The van der Waals surface area contributed by atoms with E-state index in [1.54, 1.807) is 7.11 Å². The van der Waals surface area contributed by atoms with Crippen molar-refractivity contribution in [3.63, 3.8) is 0 Å². The van der Waals surface area contributed by atoms with E-state index in [1.807, 2.05) is 0 Å². The van der Waals surface area contributed by atoms with Gasteiger partial charge in [0.25, 0.3) is 0 Å². The van der Waals surface area contributed by atoms with E-state index in [9.17, 15) is 4.79 Å². The summed E-state index contributed by atoms with van der Waals surface area (Å²) in [7, 11) is 5.41. The van der Waals surface area contributed by atoms with Crippen LogP contribution in [0.25, 0.3) is 0 Å². The third-order valence-corrected chi connectivity index (χ3v) is 5.76. The lowest BCUT2D eigenvalue weighted by atomic mass is 9.89. The van der Waals surface area contributed by atoms with Crippen LogP contribution in [0.4, 0.5) is 0 Å². The third kappa shape index (κ3) is 5.74. The van der Waals surface area contributed by atoms with Crippen molar-refractivity contribution < 1.29 is 14.3 Å². The minimum atomic E-state index is -0.0977. The average molecular weight is 419 g/mol. The maximum atomic E-state index is 11.2. The van der Waals surface area contributed by atoms with E-state index in [1.165, 1.54) is 25.8 Å². The summed E-state index contributed by atoms with van der Waals surface area (Å²) in [5, 5.41) is 0. The number of esters is 1. The molecule has 2 aliphatic heterocycles. The molecule has 5 nitrogen and oxygen atoms in total. The summed E-state index contributed by atoms with van der Waals surface area (Å²) in [6.07, 6.45) is 2.52. The Kier molecular flexibility index (Phi) is 9.88. The number of rotatable bonds is 7. The molecule has 2 heterocycles. The second-order valence-corrected chi connectivity index (χ2v) is 7.37. The second-order valence-electron chi connectivity index (χ2n) is 7.37. The summed E-state index contributed by atoms with van der Waals surface area (Å²) >= 11 is 0. The van der Waals surface area contributed by atoms with Crippen LogP contribution in [-0.4, -0.2) is 63.2 Å². The maximum Gasteiger partial charge on any atom is 0.305 e. The van der Waals surface area contributed by atoms with Gasteiger partial charge in [-0.2, -0.15) is 0 Å². The molecule has 0 unspecified atom stereocenters. The summed E-state index contributed by atoms with van der Waals surface area (Å²) in [4.78, 5) is 16.3. The molecule has 0 bridgehead atoms. The molecule has 27 heavy (non-hydrogen) atoms. The zero-order chi connectivity index (χ0) is 17.8. The summed E-state index contributed by atoms with van der Waals surface area (Å²) in [6, 6.07) is 9.05. The fourth-order valence-corrected chi connectivity index (χ4v) is 4.54. The Hall–Kier alpha value is -1.01. The van der Waals surface area contributed by atoms with Crippen LogP contribution in [0.3, 0.4) is 0 Å². The number of nitrogens with zero attached hydrogens (tertiary/aromatic N) is 2. The van der Waals surface area contributed by atoms with Crippen LogP contribution in [0.15, 0.2) is 24.3 Å². The lowest BCUT2D eigenvalue weighted by Crippen LogP contribution is -2.29. The number of hydrogen-bond donors (Lipinski definition) is 0. The third-order valence-electron chi connectivity index (χ3n) is 5.76. The highest BCUT2D eigenvalue weighted by atomic mass is 35.5. The fourth-order valence-electron chi connectivity index (χ4n) is 4.54. The molecule has 2 fully saturated rings. The molecule has 0 saturated carbocycles. The molecule has 1 aromatic rings. The highest BCUT2D eigenvalue weighted by molar-refractivity contribution is 5.85. The van der Waals surface area contributed by atoms with Gasteiger partial charge in [0.1, 0.15) is 5.75 Å². The smallest absolute Gasteiger partial charge is 0.305 e. The van der Waals surface area contributed by atoms with Crippen LogP contribution in [0.5, 0.6) is 5.75 Å². The van der Waals surface area contributed by atoms with E-state index in [2.05, 4.69) is 41.1 Å². The monoisotopic (exact) mass is 418 g/mol.